The van der Waals surface area contributed by atoms with Crippen molar-refractivity contribution in [2.45, 2.75) is 119 Å². The van der Waals surface area contributed by atoms with Crippen molar-refractivity contribution in [3.05, 3.63) is 11.6 Å². The monoisotopic (exact) mass is 424 g/mol. The van der Waals surface area contributed by atoms with Gasteiger partial charge in [0, 0.05) is 5.41 Å². The van der Waals surface area contributed by atoms with E-state index in [2.05, 4.69) is 68.4 Å². The first-order valence-corrected chi connectivity index (χ1v) is 13.5. The van der Waals surface area contributed by atoms with Gasteiger partial charge in [-0.25, -0.2) is 0 Å². The molecule has 9 aliphatic rings. The lowest BCUT2D eigenvalue weighted by molar-refractivity contribution is -0.434. The van der Waals surface area contributed by atoms with E-state index in [9.17, 15) is 5.11 Å². The van der Waals surface area contributed by atoms with Gasteiger partial charge in [-0.1, -0.05) is 67.0 Å². The van der Waals surface area contributed by atoms with Crippen LogP contribution >= 0.6 is 0 Å². The average Bonchev–Trinajstić information content (AvgIpc) is 2.66. The lowest BCUT2D eigenvalue weighted by atomic mass is 9.12. The number of allylic oxidation sites excluding steroid dienone is 1. The molecule has 0 amide bonds. The minimum absolute atomic E-state index is 0.000658. The topological polar surface area (TPSA) is 20.2 Å². The van der Waals surface area contributed by atoms with E-state index in [1.165, 1.54) is 38.5 Å². The second-order valence-corrected chi connectivity index (χ2v) is 15.4. The van der Waals surface area contributed by atoms with Crippen molar-refractivity contribution < 1.29 is 5.11 Å². The molecule has 0 radical (unpaired) electrons. The fourth-order valence-electron chi connectivity index (χ4n) is 13.3. The van der Waals surface area contributed by atoms with E-state index in [0.29, 0.717) is 21.7 Å². The Morgan fingerprint density at radius 3 is 1.97 bits per heavy atom. The summed E-state index contributed by atoms with van der Waals surface area (Å²) in [6, 6.07) is 0. The van der Waals surface area contributed by atoms with E-state index in [4.69, 9.17) is 0 Å². The van der Waals surface area contributed by atoms with Gasteiger partial charge in [-0.3, -0.25) is 0 Å². The van der Waals surface area contributed by atoms with Crippen molar-refractivity contribution in [3.8, 4) is 0 Å². The Morgan fingerprint density at radius 2 is 1.45 bits per heavy atom. The van der Waals surface area contributed by atoms with Gasteiger partial charge in [-0.05, 0) is 109 Å². The van der Waals surface area contributed by atoms with Crippen LogP contribution in [0.2, 0.25) is 0 Å². The van der Waals surface area contributed by atoms with Gasteiger partial charge in [-0.2, -0.15) is 0 Å². The maximum atomic E-state index is 12.3. The minimum Gasteiger partial charge on any atom is -0.389 e. The van der Waals surface area contributed by atoms with Crippen LogP contribution in [0.5, 0.6) is 0 Å². The second-order valence-electron chi connectivity index (χ2n) is 15.4. The van der Waals surface area contributed by atoms with Crippen molar-refractivity contribution in [2.24, 2.45) is 55.7 Å². The predicted molar refractivity (Wildman–Crippen MR) is 129 cm³/mol. The van der Waals surface area contributed by atoms with E-state index in [1.54, 1.807) is 5.57 Å². The number of hydrogen-bond acceptors (Lipinski definition) is 1. The zero-order chi connectivity index (χ0) is 22.7. The molecule has 0 spiro atoms. The number of hydrogen-bond donors (Lipinski definition) is 1. The van der Waals surface area contributed by atoms with Gasteiger partial charge in [0.1, 0.15) is 0 Å². The first-order chi connectivity index (χ1) is 14.1. The van der Waals surface area contributed by atoms with E-state index in [-0.39, 0.29) is 16.2 Å². The molecule has 6 bridgehead atoms. The predicted octanol–water partition coefficient (Wildman–Crippen LogP) is 7.78. The van der Waals surface area contributed by atoms with Gasteiger partial charge < -0.3 is 5.11 Å². The minimum atomic E-state index is -0.610. The van der Waals surface area contributed by atoms with Gasteiger partial charge in [0.25, 0.3) is 0 Å². The van der Waals surface area contributed by atoms with Crippen LogP contribution in [0.1, 0.15) is 114 Å². The Balaban J connectivity index is 1.64. The third-order valence-corrected chi connectivity index (χ3v) is 14.8. The van der Waals surface area contributed by atoms with Crippen molar-refractivity contribution in [1.29, 1.82) is 0 Å². The van der Waals surface area contributed by atoms with Crippen LogP contribution in [0.25, 0.3) is 0 Å². The molecule has 0 aromatic carbocycles. The third-order valence-electron chi connectivity index (χ3n) is 14.8. The summed E-state index contributed by atoms with van der Waals surface area (Å²) in [5, 5.41) is 12.3. The smallest absolute Gasteiger partial charge is 0.0727 e. The van der Waals surface area contributed by atoms with Crippen molar-refractivity contribution in [2.75, 3.05) is 0 Å². The van der Waals surface area contributed by atoms with Crippen molar-refractivity contribution in [1.82, 2.24) is 0 Å². The van der Waals surface area contributed by atoms with Crippen LogP contribution in [0, 0.1) is 55.7 Å². The molecule has 7 fully saturated rings. The van der Waals surface area contributed by atoms with E-state index >= 15 is 0 Å². The zero-order valence-electron chi connectivity index (χ0n) is 21.9. The Kier molecular flexibility index (Phi) is 3.55. The molecule has 9 aliphatic carbocycles. The highest BCUT2D eigenvalue weighted by Gasteiger charge is 2.90. The van der Waals surface area contributed by atoms with Crippen LogP contribution < -0.4 is 0 Å². The number of fused-ring (bicyclic) bond motifs is 6. The normalized spacial score (nSPS) is 59.5. The molecular formula is C30H48O. The van der Waals surface area contributed by atoms with Gasteiger partial charge in [-0.15, -0.1) is 0 Å². The molecule has 1 heteroatoms. The molecule has 0 aliphatic heterocycles. The zero-order valence-corrected chi connectivity index (χ0v) is 21.9. The lowest BCUT2D eigenvalue weighted by Crippen LogP contribution is -2.87. The first kappa shape index (κ1) is 21.2. The van der Waals surface area contributed by atoms with Gasteiger partial charge >= 0.3 is 0 Å². The number of rotatable bonds is 2. The molecule has 9 rings (SSSR count). The Hall–Kier alpha value is -0.300. The molecule has 7 saturated carbocycles. The molecule has 0 aromatic heterocycles. The standard InChI is InChI=1S/C30H48O/c1-19-10-11-20-16-28(19,23(20,2)3)26(8)14-12-21-17-29(26,24(21,4)5)30-18-22(25(30,6)7)13-15-27(30,9)31/h13,19-21,31H,10-12,14-18H2,1-9H3. The van der Waals surface area contributed by atoms with Gasteiger partial charge in [0.15, 0.2) is 0 Å². The molecule has 1 N–H and O–H groups in total. The quantitative estimate of drug-likeness (QED) is 0.449. The SMILES string of the molecule is CC1CCC2CC1(C1(C)CCC3CC1(C14CC(=CCC1(C)O)C4(C)C)C3(C)C)C2(C)C. The lowest BCUT2D eigenvalue weighted by Gasteiger charge is -2.91. The summed E-state index contributed by atoms with van der Waals surface area (Å²) in [5.41, 5.74) is 2.80. The van der Waals surface area contributed by atoms with Crippen LogP contribution in [0.15, 0.2) is 11.6 Å². The van der Waals surface area contributed by atoms with E-state index in [0.717, 1.165) is 30.6 Å². The van der Waals surface area contributed by atoms with Gasteiger partial charge in [0.05, 0.1) is 5.60 Å². The summed E-state index contributed by atoms with van der Waals surface area (Å²) in [5.74, 6) is 2.55. The largest absolute Gasteiger partial charge is 0.389 e. The second kappa shape index (κ2) is 5.18. The maximum Gasteiger partial charge on any atom is 0.0727 e. The summed E-state index contributed by atoms with van der Waals surface area (Å²) >= 11 is 0. The highest BCUT2D eigenvalue weighted by atomic mass is 16.3. The maximum absolute atomic E-state index is 12.3. The summed E-state index contributed by atoms with van der Waals surface area (Å²) < 4.78 is 0. The molecule has 0 aromatic rings. The summed E-state index contributed by atoms with van der Waals surface area (Å²) in [6.07, 6.45) is 12.9. The summed E-state index contributed by atoms with van der Waals surface area (Å²) in [6.45, 7) is 23.1. The highest BCUT2D eigenvalue weighted by Crippen LogP contribution is 2.94. The fraction of sp³-hybridized carbons (Fsp3) is 0.933. The molecule has 0 saturated heterocycles. The summed E-state index contributed by atoms with van der Waals surface area (Å²) in [7, 11) is 0. The van der Waals surface area contributed by atoms with E-state index < -0.39 is 5.60 Å². The highest BCUT2D eigenvalue weighted by molar-refractivity contribution is 5.46. The third kappa shape index (κ3) is 1.62. The van der Waals surface area contributed by atoms with Gasteiger partial charge in [0.2, 0.25) is 0 Å². The van der Waals surface area contributed by atoms with Crippen LogP contribution in [-0.4, -0.2) is 10.7 Å². The molecule has 1 nitrogen and oxygen atoms in total. The molecule has 8 atom stereocenters. The molecular weight excluding hydrogens is 376 g/mol. The molecule has 174 valence electrons. The van der Waals surface area contributed by atoms with Crippen LogP contribution in [0.4, 0.5) is 0 Å². The molecule has 31 heavy (non-hydrogen) atoms. The van der Waals surface area contributed by atoms with Crippen molar-refractivity contribution in [3.63, 3.8) is 0 Å². The van der Waals surface area contributed by atoms with Crippen molar-refractivity contribution >= 4 is 0 Å². The molecule has 0 heterocycles. The average molecular weight is 425 g/mol. The molecule has 8 unspecified atom stereocenters. The van der Waals surface area contributed by atoms with Crippen LogP contribution in [0.3, 0.4) is 0 Å². The van der Waals surface area contributed by atoms with E-state index in [1.807, 2.05) is 0 Å². The summed E-state index contributed by atoms with van der Waals surface area (Å²) in [4.78, 5) is 0. The Labute approximate surface area is 191 Å². The number of aliphatic hydroxyl groups is 1. The first-order valence-electron chi connectivity index (χ1n) is 13.5. The fourth-order valence-corrected chi connectivity index (χ4v) is 13.3. The Bertz CT molecular complexity index is 888. The Morgan fingerprint density at radius 1 is 0.806 bits per heavy atom. The van der Waals surface area contributed by atoms with Crippen LogP contribution in [-0.2, 0) is 0 Å².